The van der Waals surface area contributed by atoms with Gasteiger partial charge in [-0.05, 0) is 69.2 Å². The van der Waals surface area contributed by atoms with Crippen LogP contribution < -0.4 is 0 Å². The zero-order chi connectivity index (χ0) is 23.5. The summed E-state index contributed by atoms with van der Waals surface area (Å²) in [5.74, 6) is 0.194. The molecule has 1 aliphatic carbocycles. The number of alkyl halides is 3. The van der Waals surface area contributed by atoms with Crippen LogP contribution in [0.2, 0.25) is 0 Å². The van der Waals surface area contributed by atoms with Crippen LogP contribution in [0.15, 0.2) is 41.4 Å². The standard InChI is InChI=1S/C24H28F3N3O2/c1-3-30(19-12-8-16(9-13-19)20-5-4-14-29-21(20)15-28)22(31)17-6-10-18(11-7-17)23(2,32)24(25,26)27/h4-7,10-11,14,16,19-21,32H,3,8-9,12-13H2,1-2H3/t16?,19?,20?,21?,23-/m0/s1. The number of carbonyl (C=O) groups excluding carboxylic acids is 1. The maximum atomic E-state index is 13.1. The Labute approximate surface area is 186 Å². The van der Waals surface area contributed by atoms with Crippen LogP contribution in [0.3, 0.4) is 0 Å². The van der Waals surface area contributed by atoms with Gasteiger partial charge in [-0.3, -0.25) is 9.79 Å². The third-order valence-electron chi connectivity index (χ3n) is 6.74. The minimum Gasteiger partial charge on any atom is -0.376 e. The summed E-state index contributed by atoms with van der Waals surface area (Å²) in [5, 5.41) is 19.2. The van der Waals surface area contributed by atoms with Crippen LogP contribution in [-0.2, 0) is 5.60 Å². The minimum absolute atomic E-state index is 0.0401. The van der Waals surface area contributed by atoms with Gasteiger partial charge in [-0.1, -0.05) is 18.2 Å². The quantitative estimate of drug-likeness (QED) is 0.715. The molecule has 1 aromatic rings. The smallest absolute Gasteiger partial charge is 0.376 e. The van der Waals surface area contributed by atoms with Gasteiger partial charge in [-0.15, -0.1) is 0 Å². The van der Waals surface area contributed by atoms with E-state index in [4.69, 9.17) is 0 Å². The third kappa shape index (κ3) is 4.73. The monoisotopic (exact) mass is 447 g/mol. The Balaban J connectivity index is 1.66. The van der Waals surface area contributed by atoms with E-state index in [2.05, 4.69) is 11.1 Å². The number of halogens is 3. The number of aliphatic imine (C=N–C) groups is 1. The summed E-state index contributed by atoms with van der Waals surface area (Å²) in [7, 11) is 0. The summed E-state index contributed by atoms with van der Waals surface area (Å²) in [4.78, 5) is 19.1. The number of hydrogen-bond donors (Lipinski definition) is 1. The molecule has 5 nitrogen and oxygen atoms in total. The molecule has 1 fully saturated rings. The molecule has 172 valence electrons. The highest BCUT2D eigenvalue weighted by molar-refractivity contribution is 5.94. The average Bonchev–Trinajstić information content (AvgIpc) is 2.79. The fourth-order valence-corrected chi connectivity index (χ4v) is 4.69. The van der Waals surface area contributed by atoms with Crippen molar-refractivity contribution in [3.8, 4) is 6.07 Å². The highest BCUT2D eigenvalue weighted by atomic mass is 19.4. The second-order valence-corrected chi connectivity index (χ2v) is 8.64. The van der Waals surface area contributed by atoms with Crippen LogP contribution in [0.5, 0.6) is 0 Å². The van der Waals surface area contributed by atoms with E-state index in [-0.39, 0.29) is 29.5 Å². The largest absolute Gasteiger partial charge is 0.421 e. The molecule has 2 aliphatic rings. The van der Waals surface area contributed by atoms with Gasteiger partial charge in [0, 0.05) is 30.3 Å². The molecule has 0 saturated heterocycles. The Morgan fingerprint density at radius 3 is 2.38 bits per heavy atom. The van der Waals surface area contributed by atoms with Crippen LogP contribution in [0, 0.1) is 23.2 Å². The molecular weight excluding hydrogens is 419 g/mol. The van der Waals surface area contributed by atoms with Gasteiger partial charge in [0.15, 0.2) is 5.60 Å². The Hall–Kier alpha value is -2.66. The molecule has 0 spiro atoms. The molecule has 3 atom stereocenters. The first-order valence-electron chi connectivity index (χ1n) is 10.9. The maximum absolute atomic E-state index is 13.1. The van der Waals surface area contributed by atoms with E-state index in [1.807, 2.05) is 19.1 Å². The van der Waals surface area contributed by atoms with Gasteiger partial charge >= 0.3 is 6.18 Å². The van der Waals surface area contributed by atoms with E-state index in [0.717, 1.165) is 37.8 Å². The van der Waals surface area contributed by atoms with Crippen LogP contribution in [0.4, 0.5) is 13.2 Å². The predicted octanol–water partition coefficient (Wildman–Crippen LogP) is 4.63. The Morgan fingerprint density at radius 2 is 1.84 bits per heavy atom. The molecular formula is C24H28F3N3O2. The Bertz CT molecular complexity index is 908. The summed E-state index contributed by atoms with van der Waals surface area (Å²) < 4.78 is 39.2. The number of nitriles is 1. The van der Waals surface area contributed by atoms with Gasteiger partial charge in [-0.2, -0.15) is 18.4 Å². The van der Waals surface area contributed by atoms with E-state index < -0.39 is 11.8 Å². The zero-order valence-electron chi connectivity index (χ0n) is 18.2. The lowest BCUT2D eigenvalue weighted by Crippen LogP contribution is -2.43. The molecule has 1 aliphatic heterocycles. The van der Waals surface area contributed by atoms with Crippen molar-refractivity contribution in [2.45, 2.75) is 63.4 Å². The molecule has 8 heteroatoms. The van der Waals surface area contributed by atoms with Crippen molar-refractivity contribution in [3.05, 3.63) is 47.5 Å². The number of benzene rings is 1. The van der Waals surface area contributed by atoms with Gasteiger partial charge in [0.1, 0.15) is 6.04 Å². The van der Waals surface area contributed by atoms with Gasteiger partial charge < -0.3 is 10.0 Å². The first-order chi connectivity index (χ1) is 15.1. The van der Waals surface area contributed by atoms with E-state index in [1.165, 1.54) is 12.1 Å². The highest BCUT2D eigenvalue weighted by Crippen LogP contribution is 2.39. The summed E-state index contributed by atoms with van der Waals surface area (Å²) in [6.07, 6.45) is 4.14. The van der Waals surface area contributed by atoms with Crippen molar-refractivity contribution in [1.29, 1.82) is 5.26 Å². The second kappa shape index (κ2) is 9.45. The van der Waals surface area contributed by atoms with Gasteiger partial charge in [0.2, 0.25) is 0 Å². The fourth-order valence-electron chi connectivity index (χ4n) is 4.69. The van der Waals surface area contributed by atoms with Crippen molar-refractivity contribution < 1.29 is 23.1 Å². The average molecular weight is 448 g/mol. The Morgan fingerprint density at radius 1 is 1.22 bits per heavy atom. The van der Waals surface area contributed by atoms with Crippen molar-refractivity contribution >= 4 is 12.1 Å². The Kier molecular flexibility index (Phi) is 7.09. The number of carbonyl (C=O) groups is 1. The number of aliphatic hydroxyl groups is 1. The lowest BCUT2D eigenvalue weighted by molar-refractivity contribution is -0.258. The summed E-state index contributed by atoms with van der Waals surface area (Å²) >= 11 is 0. The summed E-state index contributed by atoms with van der Waals surface area (Å²) in [5.41, 5.74) is -2.99. The summed E-state index contributed by atoms with van der Waals surface area (Å²) in [6, 6.07) is 6.93. The first kappa shape index (κ1) is 24.0. The zero-order valence-corrected chi connectivity index (χ0v) is 18.2. The normalized spacial score (nSPS) is 27.4. The number of dihydropyridines is 1. The summed E-state index contributed by atoms with van der Waals surface area (Å²) in [6.45, 7) is 3.08. The molecule has 3 rings (SSSR count). The van der Waals surface area contributed by atoms with Crippen molar-refractivity contribution in [2.75, 3.05) is 6.54 Å². The molecule has 1 aromatic carbocycles. The molecule has 1 heterocycles. The van der Waals surface area contributed by atoms with Crippen molar-refractivity contribution in [2.24, 2.45) is 16.8 Å². The predicted molar refractivity (Wildman–Crippen MR) is 115 cm³/mol. The van der Waals surface area contributed by atoms with Crippen molar-refractivity contribution in [3.63, 3.8) is 0 Å². The molecule has 2 unspecified atom stereocenters. The van der Waals surface area contributed by atoms with Crippen LogP contribution in [-0.4, -0.2) is 46.9 Å². The fraction of sp³-hybridized carbons (Fsp3) is 0.542. The third-order valence-corrected chi connectivity index (χ3v) is 6.74. The number of hydrogen-bond acceptors (Lipinski definition) is 4. The second-order valence-electron chi connectivity index (χ2n) is 8.64. The lowest BCUT2D eigenvalue weighted by Gasteiger charge is -2.39. The van der Waals surface area contributed by atoms with Gasteiger partial charge in [-0.25, -0.2) is 0 Å². The molecule has 1 amide bonds. The van der Waals surface area contributed by atoms with Crippen molar-refractivity contribution in [1.82, 2.24) is 4.90 Å². The van der Waals surface area contributed by atoms with Crippen LogP contribution in [0.1, 0.15) is 55.5 Å². The molecule has 1 N–H and O–H groups in total. The minimum atomic E-state index is -4.81. The first-order valence-corrected chi connectivity index (χ1v) is 10.9. The molecule has 0 radical (unpaired) electrons. The van der Waals surface area contributed by atoms with Crippen LogP contribution >= 0.6 is 0 Å². The van der Waals surface area contributed by atoms with Crippen LogP contribution in [0.25, 0.3) is 0 Å². The maximum Gasteiger partial charge on any atom is 0.421 e. The number of allylic oxidation sites excluding steroid dienone is 1. The topological polar surface area (TPSA) is 76.7 Å². The lowest BCUT2D eigenvalue weighted by atomic mass is 9.74. The van der Waals surface area contributed by atoms with E-state index in [1.54, 1.807) is 11.1 Å². The molecule has 1 saturated carbocycles. The molecule has 0 aromatic heterocycles. The van der Waals surface area contributed by atoms with Gasteiger partial charge in [0.05, 0.1) is 6.07 Å². The SMILES string of the molecule is CCN(C(=O)c1ccc([C@](C)(O)C(F)(F)F)cc1)C1CCC(C2C=CC=NC2C#N)CC1. The van der Waals surface area contributed by atoms with E-state index in [0.29, 0.717) is 24.9 Å². The van der Waals surface area contributed by atoms with E-state index >= 15 is 0 Å². The number of nitrogens with zero attached hydrogens (tertiary/aromatic N) is 3. The molecule has 32 heavy (non-hydrogen) atoms. The molecule has 0 bridgehead atoms. The highest BCUT2D eigenvalue weighted by Gasteiger charge is 2.51. The van der Waals surface area contributed by atoms with Gasteiger partial charge in [0.25, 0.3) is 5.91 Å². The number of rotatable bonds is 5. The number of amides is 1. The van der Waals surface area contributed by atoms with E-state index in [9.17, 15) is 28.3 Å².